The zero-order valence-corrected chi connectivity index (χ0v) is 16.1. The van der Waals surface area contributed by atoms with Crippen LogP contribution in [0.3, 0.4) is 0 Å². The van der Waals surface area contributed by atoms with Crippen molar-refractivity contribution < 1.29 is 22.7 Å². The van der Waals surface area contributed by atoms with Crippen molar-refractivity contribution in [2.75, 3.05) is 17.2 Å². The highest BCUT2D eigenvalue weighted by Crippen LogP contribution is 2.30. The van der Waals surface area contributed by atoms with E-state index in [4.69, 9.17) is 0 Å². The number of pyridine rings is 1. The fraction of sp³-hybridized carbons (Fsp3) is 0.250. The van der Waals surface area contributed by atoms with Crippen molar-refractivity contribution >= 4 is 17.3 Å². The second-order valence-corrected chi connectivity index (χ2v) is 7.16. The van der Waals surface area contributed by atoms with Gasteiger partial charge in [0.1, 0.15) is 23.1 Å². The Hall–Kier alpha value is -3.27. The van der Waals surface area contributed by atoms with Gasteiger partial charge in [-0.15, -0.1) is 0 Å². The molecule has 1 aromatic carbocycles. The van der Waals surface area contributed by atoms with Gasteiger partial charge < -0.3 is 15.7 Å². The summed E-state index contributed by atoms with van der Waals surface area (Å²) in [4.78, 5) is 11.8. The molecule has 0 aliphatic rings. The second-order valence-electron chi connectivity index (χ2n) is 7.16. The molecule has 3 rings (SSSR count). The number of hydrogen-bond donors (Lipinski definition) is 3. The van der Waals surface area contributed by atoms with Gasteiger partial charge in [0.05, 0.1) is 11.2 Å². The van der Waals surface area contributed by atoms with Crippen LogP contribution in [0.4, 0.5) is 34.9 Å². The summed E-state index contributed by atoms with van der Waals surface area (Å²) in [5.41, 5.74) is -1.89. The fourth-order valence-electron chi connectivity index (χ4n) is 2.48. The molecular formula is C20H19F4N5O. The molecule has 0 radical (unpaired) electrons. The Bertz CT molecular complexity index is 1030. The van der Waals surface area contributed by atoms with E-state index in [9.17, 15) is 22.7 Å². The Kier molecular flexibility index (Phi) is 5.88. The maximum Gasteiger partial charge on any atom is 0.433 e. The van der Waals surface area contributed by atoms with Crippen LogP contribution in [-0.4, -0.2) is 32.2 Å². The van der Waals surface area contributed by atoms with Gasteiger partial charge in [0.2, 0.25) is 0 Å². The zero-order chi connectivity index (χ0) is 21.9. The number of hydrogen-bond acceptors (Lipinski definition) is 6. The predicted molar refractivity (Wildman–Crippen MR) is 105 cm³/mol. The van der Waals surface area contributed by atoms with Gasteiger partial charge >= 0.3 is 6.18 Å². The van der Waals surface area contributed by atoms with Crippen LogP contribution in [0.25, 0.3) is 11.4 Å². The van der Waals surface area contributed by atoms with Crippen molar-refractivity contribution in [1.82, 2.24) is 15.0 Å². The van der Waals surface area contributed by atoms with Crippen LogP contribution < -0.4 is 10.6 Å². The van der Waals surface area contributed by atoms with Gasteiger partial charge in [-0.3, -0.25) is 4.98 Å². The van der Waals surface area contributed by atoms with Gasteiger partial charge in [-0.05, 0) is 38.1 Å². The number of nitrogens with one attached hydrogen (secondary N) is 2. The summed E-state index contributed by atoms with van der Waals surface area (Å²) in [5, 5.41) is 15.6. The van der Waals surface area contributed by atoms with E-state index in [2.05, 4.69) is 25.6 Å². The topological polar surface area (TPSA) is 83.0 Å². The standard InChI is InChI=1S/C20H19F4N5O/c1-19(2,30)11-26-16-10-17(27-12-7-8-25-15(9-12)20(22,23)24)29-18(28-16)13-5-3-4-6-14(13)21/h3-10,30H,11H2,1-2H3,(H2,25,26,27,28,29). The summed E-state index contributed by atoms with van der Waals surface area (Å²) in [6, 6.07) is 9.51. The first-order valence-corrected chi connectivity index (χ1v) is 8.92. The molecule has 0 spiro atoms. The van der Waals surface area contributed by atoms with Crippen molar-refractivity contribution in [3.63, 3.8) is 0 Å². The maximum atomic E-state index is 14.2. The first kappa shape index (κ1) is 21.4. The molecule has 2 aromatic heterocycles. The van der Waals surface area contributed by atoms with E-state index in [0.29, 0.717) is 0 Å². The first-order valence-electron chi connectivity index (χ1n) is 8.92. The molecule has 0 unspecified atom stereocenters. The molecule has 30 heavy (non-hydrogen) atoms. The highest BCUT2D eigenvalue weighted by molar-refractivity contribution is 5.65. The minimum absolute atomic E-state index is 0.0291. The summed E-state index contributed by atoms with van der Waals surface area (Å²) in [5.74, 6) is -0.119. The highest BCUT2D eigenvalue weighted by Gasteiger charge is 2.32. The third-order valence-corrected chi connectivity index (χ3v) is 3.87. The lowest BCUT2D eigenvalue weighted by Crippen LogP contribution is -2.29. The lowest BCUT2D eigenvalue weighted by atomic mass is 10.1. The number of nitrogens with zero attached hydrogens (tertiary/aromatic N) is 3. The molecule has 2 heterocycles. The average molecular weight is 421 g/mol. The van der Waals surface area contributed by atoms with E-state index in [1.54, 1.807) is 19.9 Å². The SMILES string of the molecule is CC(C)(O)CNc1cc(Nc2ccnc(C(F)(F)F)c2)nc(-c2ccccc2F)n1. The molecule has 0 aliphatic heterocycles. The summed E-state index contributed by atoms with van der Waals surface area (Å²) in [6.45, 7) is 3.31. The number of benzene rings is 1. The Morgan fingerprint density at radius 1 is 1.00 bits per heavy atom. The van der Waals surface area contributed by atoms with E-state index in [0.717, 1.165) is 12.3 Å². The van der Waals surface area contributed by atoms with Gasteiger partial charge in [-0.25, -0.2) is 14.4 Å². The van der Waals surface area contributed by atoms with Gasteiger partial charge in [0.15, 0.2) is 5.82 Å². The van der Waals surface area contributed by atoms with Crippen molar-refractivity contribution in [1.29, 1.82) is 0 Å². The molecule has 10 heteroatoms. The molecule has 3 N–H and O–H groups in total. The third kappa shape index (κ3) is 5.63. The number of anilines is 3. The zero-order valence-electron chi connectivity index (χ0n) is 16.1. The normalized spacial score (nSPS) is 12.0. The van der Waals surface area contributed by atoms with Gasteiger partial charge in [0.25, 0.3) is 0 Å². The molecule has 0 saturated heterocycles. The smallest absolute Gasteiger partial charge is 0.389 e. The molecule has 0 bridgehead atoms. The van der Waals surface area contributed by atoms with Crippen LogP contribution >= 0.6 is 0 Å². The van der Waals surface area contributed by atoms with Gasteiger partial charge in [-0.2, -0.15) is 13.2 Å². The van der Waals surface area contributed by atoms with Crippen molar-refractivity contribution in [2.45, 2.75) is 25.6 Å². The highest BCUT2D eigenvalue weighted by atomic mass is 19.4. The Morgan fingerprint density at radius 3 is 2.37 bits per heavy atom. The van der Waals surface area contributed by atoms with Crippen LogP contribution in [0, 0.1) is 5.82 Å². The van der Waals surface area contributed by atoms with E-state index < -0.39 is 23.3 Å². The maximum absolute atomic E-state index is 14.2. The predicted octanol–water partition coefficient (Wildman–Crippen LogP) is 4.62. The summed E-state index contributed by atoms with van der Waals surface area (Å²) in [7, 11) is 0. The molecule has 0 atom stereocenters. The van der Waals surface area contributed by atoms with E-state index >= 15 is 0 Å². The van der Waals surface area contributed by atoms with E-state index in [1.807, 2.05) is 0 Å². The number of alkyl halides is 3. The molecule has 3 aromatic rings. The lowest BCUT2D eigenvalue weighted by Gasteiger charge is -2.19. The molecule has 0 aliphatic carbocycles. The summed E-state index contributed by atoms with van der Waals surface area (Å²) in [6.07, 6.45) is -3.57. The number of rotatable bonds is 6. The van der Waals surface area contributed by atoms with E-state index in [-0.39, 0.29) is 35.3 Å². The molecular weight excluding hydrogens is 402 g/mol. The molecule has 158 valence electrons. The largest absolute Gasteiger partial charge is 0.433 e. The monoisotopic (exact) mass is 421 g/mol. The van der Waals surface area contributed by atoms with Crippen LogP contribution in [0.2, 0.25) is 0 Å². The third-order valence-electron chi connectivity index (χ3n) is 3.87. The first-order chi connectivity index (χ1) is 14.0. The second kappa shape index (κ2) is 8.23. The molecule has 0 saturated carbocycles. The molecule has 6 nitrogen and oxygen atoms in total. The van der Waals surface area contributed by atoms with Crippen molar-refractivity contribution in [3.05, 3.63) is 60.2 Å². The minimum atomic E-state index is -4.60. The summed E-state index contributed by atoms with van der Waals surface area (Å²) >= 11 is 0. The lowest BCUT2D eigenvalue weighted by molar-refractivity contribution is -0.141. The fourth-order valence-corrected chi connectivity index (χ4v) is 2.48. The van der Waals surface area contributed by atoms with Crippen molar-refractivity contribution in [2.24, 2.45) is 0 Å². The Balaban J connectivity index is 1.99. The average Bonchev–Trinajstić information content (AvgIpc) is 2.66. The molecule has 0 amide bonds. The number of aromatic nitrogens is 3. The van der Waals surface area contributed by atoms with Crippen LogP contribution in [-0.2, 0) is 6.18 Å². The van der Waals surface area contributed by atoms with Crippen molar-refractivity contribution in [3.8, 4) is 11.4 Å². The molecule has 0 fully saturated rings. The quantitative estimate of drug-likeness (QED) is 0.504. The van der Waals surface area contributed by atoms with Crippen LogP contribution in [0.5, 0.6) is 0 Å². The van der Waals surface area contributed by atoms with Crippen LogP contribution in [0.15, 0.2) is 48.7 Å². The summed E-state index contributed by atoms with van der Waals surface area (Å²) < 4.78 is 53.0. The van der Waals surface area contributed by atoms with Crippen LogP contribution in [0.1, 0.15) is 19.5 Å². The number of aliphatic hydroxyl groups is 1. The Labute approximate surface area is 170 Å². The minimum Gasteiger partial charge on any atom is -0.389 e. The van der Waals surface area contributed by atoms with Gasteiger partial charge in [-0.1, -0.05) is 12.1 Å². The Morgan fingerprint density at radius 2 is 1.70 bits per heavy atom. The van der Waals surface area contributed by atoms with Gasteiger partial charge in [0, 0.05) is 24.5 Å². The van der Waals surface area contributed by atoms with E-state index in [1.165, 1.54) is 30.3 Å². The number of halogens is 4.